The van der Waals surface area contributed by atoms with Gasteiger partial charge >= 0.3 is 0 Å². The van der Waals surface area contributed by atoms with Crippen LogP contribution in [-0.4, -0.2) is 28.3 Å². The molecule has 1 aliphatic carbocycles. The first-order chi connectivity index (χ1) is 8.97. The third-order valence-electron chi connectivity index (χ3n) is 4.03. The van der Waals surface area contributed by atoms with Crippen LogP contribution in [0.4, 0.5) is 0 Å². The number of nitrogens with zero attached hydrogens (tertiary/aromatic N) is 1. The Bertz CT molecular complexity index is 450. The van der Waals surface area contributed by atoms with Crippen LogP contribution >= 0.6 is 0 Å². The van der Waals surface area contributed by atoms with Crippen LogP contribution in [0.1, 0.15) is 54.4 Å². The van der Waals surface area contributed by atoms with Crippen molar-refractivity contribution in [1.29, 1.82) is 0 Å². The number of rotatable bonds is 3. The van der Waals surface area contributed by atoms with Gasteiger partial charge in [0.2, 0.25) is 0 Å². The molecule has 1 aromatic heterocycles. The molecule has 1 amide bonds. The van der Waals surface area contributed by atoms with Gasteiger partial charge in [-0.15, -0.1) is 0 Å². The first kappa shape index (κ1) is 14.1. The molecule has 1 fully saturated rings. The molecule has 2 unspecified atom stereocenters. The number of nitrogens with one attached hydrogen (secondary N) is 1. The van der Waals surface area contributed by atoms with Gasteiger partial charge in [0.15, 0.2) is 0 Å². The van der Waals surface area contributed by atoms with E-state index in [2.05, 4.69) is 17.4 Å². The van der Waals surface area contributed by atoms with Gasteiger partial charge < -0.3 is 14.9 Å². The molecule has 1 aromatic rings. The molecule has 2 atom stereocenters. The number of amides is 1. The molecule has 106 valence electrons. The van der Waals surface area contributed by atoms with Crippen LogP contribution in [0.15, 0.2) is 4.52 Å². The Morgan fingerprint density at radius 3 is 2.84 bits per heavy atom. The summed E-state index contributed by atoms with van der Waals surface area (Å²) in [5.74, 6) is 0.845. The Morgan fingerprint density at radius 2 is 2.32 bits per heavy atom. The van der Waals surface area contributed by atoms with Gasteiger partial charge in [-0.3, -0.25) is 4.79 Å². The highest BCUT2D eigenvalue weighted by molar-refractivity contribution is 5.96. The van der Waals surface area contributed by atoms with Crippen molar-refractivity contribution in [1.82, 2.24) is 10.5 Å². The quantitative estimate of drug-likeness (QED) is 0.877. The predicted molar refractivity (Wildman–Crippen MR) is 70.9 cm³/mol. The Morgan fingerprint density at radius 1 is 1.58 bits per heavy atom. The number of aryl methyl sites for hydroxylation is 2. The SMILES string of the molecule is Cc1noc(C)c1C(=O)NC1(CO)CCCC(C)C1. The third kappa shape index (κ3) is 2.81. The van der Waals surface area contributed by atoms with Crippen LogP contribution in [0.25, 0.3) is 0 Å². The van der Waals surface area contributed by atoms with Crippen LogP contribution in [-0.2, 0) is 0 Å². The van der Waals surface area contributed by atoms with Crippen LogP contribution in [0.5, 0.6) is 0 Å². The van der Waals surface area contributed by atoms with Crippen molar-refractivity contribution in [2.75, 3.05) is 6.61 Å². The molecule has 2 rings (SSSR count). The van der Waals surface area contributed by atoms with Gasteiger partial charge in [-0.2, -0.15) is 0 Å². The highest BCUT2D eigenvalue weighted by atomic mass is 16.5. The summed E-state index contributed by atoms with van der Waals surface area (Å²) in [6.45, 7) is 5.61. The van der Waals surface area contributed by atoms with Crippen LogP contribution in [0, 0.1) is 19.8 Å². The highest BCUT2D eigenvalue weighted by Gasteiger charge is 2.36. The minimum atomic E-state index is -0.495. The molecule has 1 heterocycles. The maximum absolute atomic E-state index is 12.4. The molecule has 0 aromatic carbocycles. The molecular weight excluding hydrogens is 244 g/mol. The zero-order chi connectivity index (χ0) is 14.0. The normalized spacial score (nSPS) is 27.3. The smallest absolute Gasteiger partial charge is 0.257 e. The van der Waals surface area contributed by atoms with Gasteiger partial charge in [-0.05, 0) is 32.6 Å². The summed E-state index contributed by atoms with van der Waals surface area (Å²) in [6.07, 6.45) is 3.83. The van der Waals surface area contributed by atoms with E-state index in [1.807, 2.05) is 0 Å². The summed E-state index contributed by atoms with van der Waals surface area (Å²) in [5.41, 5.74) is 0.586. The number of aromatic nitrogens is 1. The van der Waals surface area contributed by atoms with E-state index < -0.39 is 5.54 Å². The molecular formula is C14H22N2O3. The molecule has 0 aliphatic heterocycles. The van der Waals surface area contributed by atoms with Gasteiger partial charge in [-0.1, -0.05) is 24.9 Å². The molecule has 1 saturated carbocycles. The van der Waals surface area contributed by atoms with Crippen LogP contribution < -0.4 is 5.32 Å². The predicted octanol–water partition coefficient (Wildman–Crippen LogP) is 1.96. The summed E-state index contributed by atoms with van der Waals surface area (Å²) in [7, 11) is 0. The van der Waals surface area contributed by atoms with Crippen LogP contribution in [0.3, 0.4) is 0 Å². The van der Waals surface area contributed by atoms with Crippen molar-refractivity contribution < 1.29 is 14.4 Å². The van der Waals surface area contributed by atoms with Gasteiger partial charge in [0.05, 0.1) is 17.8 Å². The lowest BCUT2D eigenvalue weighted by Gasteiger charge is -2.39. The topological polar surface area (TPSA) is 75.4 Å². The van der Waals surface area contributed by atoms with Crippen LogP contribution in [0.2, 0.25) is 0 Å². The summed E-state index contributed by atoms with van der Waals surface area (Å²) >= 11 is 0. The van der Waals surface area contributed by atoms with Crippen molar-refractivity contribution in [2.24, 2.45) is 5.92 Å². The van der Waals surface area contributed by atoms with Crippen molar-refractivity contribution in [3.8, 4) is 0 Å². The first-order valence-corrected chi connectivity index (χ1v) is 6.84. The van der Waals surface area contributed by atoms with Crippen molar-refractivity contribution in [3.63, 3.8) is 0 Å². The second-order valence-corrected chi connectivity index (χ2v) is 5.79. The fourth-order valence-corrected chi connectivity index (χ4v) is 3.07. The number of carbonyl (C=O) groups is 1. The summed E-state index contributed by atoms with van der Waals surface area (Å²) in [5, 5.41) is 16.5. The summed E-state index contributed by atoms with van der Waals surface area (Å²) < 4.78 is 5.02. The third-order valence-corrected chi connectivity index (χ3v) is 4.03. The van der Waals surface area contributed by atoms with E-state index in [9.17, 15) is 9.90 Å². The van der Waals surface area contributed by atoms with E-state index in [4.69, 9.17) is 4.52 Å². The molecule has 0 bridgehead atoms. The fourth-order valence-electron chi connectivity index (χ4n) is 3.07. The molecule has 2 N–H and O–H groups in total. The Kier molecular flexibility index (Phi) is 3.94. The Balaban J connectivity index is 2.17. The van der Waals surface area contributed by atoms with Crippen molar-refractivity contribution in [3.05, 3.63) is 17.0 Å². The average molecular weight is 266 g/mol. The number of hydrogen-bond donors (Lipinski definition) is 2. The lowest BCUT2D eigenvalue weighted by Crippen LogP contribution is -2.54. The molecule has 0 spiro atoms. The lowest BCUT2D eigenvalue weighted by atomic mass is 9.76. The van der Waals surface area contributed by atoms with Gasteiger partial charge in [0, 0.05) is 0 Å². The summed E-state index contributed by atoms with van der Waals surface area (Å²) in [6, 6.07) is 0. The maximum Gasteiger partial charge on any atom is 0.257 e. The molecule has 19 heavy (non-hydrogen) atoms. The minimum absolute atomic E-state index is 0.0214. The minimum Gasteiger partial charge on any atom is -0.394 e. The van der Waals surface area contributed by atoms with Gasteiger partial charge in [0.1, 0.15) is 11.3 Å². The van der Waals surface area contributed by atoms with E-state index in [0.29, 0.717) is 22.9 Å². The number of aliphatic hydroxyl groups excluding tert-OH is 1. The summed E-state index contributed by atoms with van der Waals surface area (Å²) in [4.78, 5) is 12.4. The van der Waals surface area contributed by atoms with E-state index in [1.165, 1.54) is 0 Å². The van der Waals surface area contributed by atoms with Crippen molar-refractivity contribution in [2.45, 2.75) is 52.0 Å². The van der Waals surface area contributed by atoms with Gasteiger partial charge in [0.25, 0.3) is 5.91 Å². The Labute approximate surface area is 113 Å². The standard InChI is InChI=1S/C14H22N2O3/c1-9-5-4-6-14(7-9,8-17)15-13(18)12-10(2)16-19-11(12)3/h9,17H,4-8H2,1-3H3,(H,15,18). The fraction of sp³-hybridized carbons (Fsp3) is 0.714. The molecule has 0 radical (unpaired) electrons. The zero-order valence-corrected chi connectivity index (χ0v) is 11.8. The highest BCUT2D eigenvalue weighted by Crippen LogP contribution is 2.32. The first-order valence-electron chi connectivity index (χ1n) is 6.84. The van der Waals surface area contributed by atoms with E-state index in [0.717, 1.165) is 25.7 Å². The second kappa shape index (κ2) is 5.33. The molecule has 0 saturated heterocycles. The lowest BCUT2D eigenvalue weighted by molar-refractivity contribution is 0.0695. The monoisotopic (exact) mass is 266 g/mol. The number of carbonyl (C=O) groups excluding carboxylic acids is 1. The van der Waals surface area contributed by atoms with Gasteiger partial charge in [-0.25, -0.2) is 0 Å². The van der Waals surface area contributed by atoms with Crippen molar-refractivity contribution >= 4 is 5.91 Å². The number of hydrogen-bond acceptors (Lipinski definition) is 4. The maximum atomic E-state index is 12.4. The van der Waals surface area contributed by atoms with E-state index in [-0.39, 0.29) is 12.5 Å². The average Bonchev–Trinajstić information content (AvgIpc) is 2.69. The Hall–Kier alpha value is -1.36. The molecule has 1 aliphatic rings. The van der Waals surface area contributed by atoms with E-state index >= 15 is 0 Å². The zero-order valence-electron chi connectivity index (χ0n) is 11.8. The molecule has 5 heteroatoms. The largest absolute Gasteiger partial charge is 0.394 e. The van der Waals surface area contributed by atoms with E-state index in [1.54, 1.807) is 13.8 Å². The second-order valence-electron chi connectivity index (χ2n) is 5.79. The molecule has 5 nitrogen and oxygen atoms in total. The number of aliphatic hydroxyl groups is 1.